The third kappa shape index (κ3) is 3.85. The van der Waals surface area contributed by atoms with Gasteiger partial charge in [-0.2, -0.15) is 5.10 Å². The van der Waals surface area contributed by atoms with Gasteiger partial charge in [-0.1, -0.05) is 13.8 Å². The lowest BCUT2D eigenvalue weighted by molar-refractivity contribution is 0.0314. The van der Waals surface area contributed by atoms with Crippen molar-refractivity contribution in [3.8, 4) is 0 Å². The summed E-state index contributed by atoms with van der Waals surface area (Å²) >= 11 is 0. The number of anilines is 1. The molecule has 1 aliphatic rings. The van der Waals surface area contributed by atoms with E-state index < -0.39 is 5.60 Å². The number of hydrogen-bond donors (Lipinski definition) is 2. The lowest BCUT2D eigenvalue weighted by Crippen LogP contribution is -2.42. The number of carbonyl (C=O) groups is 1. The zero-order valence-corrected chi connectivity index (χ0v) is 13.6. The average Bonchev–Trinajstić information content (AvgIpc) is 2.99. The van der Waals surface area contributed by atoms with Crippen molar-refractivity contribution in [3.05, 3.63) is 29.8 Å². The molecule has 120 valence electrons. The van der Waals surface area contributed by atoms with Crippen LogP contribution in [0.2, 0.25) is 0 Å². The number of rotatable bonds is 6. The zero-order valence-electron chi connectivity index (χ0n) is 13.6. The Morgan fingerprint density at radius 1 is 1.32 bits per heavy atom. The number of nitrogens with one attached hydrogen (secondary N) is 1. The van der Waals surface area contributed by atoms with Gasteiger partial charge in [0.1, 0.15) is 0 Å². The molecule has 0 bridgehead atoms. The zero-order chi connectivity index (χ0) is 16.2. The van der Waals surface area contributed by atoms with E-state index in [0.29, 0.717) is 18.4 Å². The number of aliphatic hydroxyl groups is 1. The van der Waals surface area contributed by atoms with Gasteiger partial charge in [-0.3, -0.25) is 9.80 Å². The Bertz CT molecular complexity index is 548. The lowest BCUT2D eigenvalue weighted by atomic mass is 9.97. The molecule has 0 aliphatic carbocycles. The highest BCUT2D eigenvalue weighted by atomic mass is 16.3. The van der Waals surface area contributed by atoms with E-state index in [1.165, 1.54) is 0 Å². The molecule has 5 nitrogen and oxygen atoms in total. The third-order valence-electron chi connectivity index (χ3n) is 4.30. The van der Waals surface area contributed by atoms with Crippen molar-refractivity contribution >= 4 is 17.3 Å². The van der Waals surface area contributed by atoms with Gasteiger partial charge in [0.2, 0.25) is 0 Å². The molecule has 0 radical (unpaired) electrons. The van der Waals surface area contributed by atoms with Crippen LogP contribution in [0.15, 0.2) is 29.4 Å². The Morgan fingerprint density at radius 2 is 1.95 bits per heavy atom. The van der Waals surface area contributed by atoms with E-state index in [0.717, 1.165) is 24.4 Å². The molecular formula is C17H25N3O2. The van der Waals surface area contributed by atoms with E-state index in [9.17, 15) is 9.90 Å². The summed E-state index contributed by atoms with van der Waals surface area (Å²) in [7, 11) is 0. The monoisotopic (exact) mass is 303 g/mol. The normalized spacial score (nSPS) is 14.9. The van der Waals surface area contributed by atoms with E-state index in [-0.39, 0.29) is 12.5 Å². The summed E-state index contributed by atoms with van der Waals surface area (Å²) in [5, 5.41) is 19.4. The quantitative estimate of drug-likeness (QED) is 0.849. The van der Waals surface area contributed by atoms with Gasteiger partial charge in [0.15, 0.2) is 0 Å². The second kappa shape index (κ2) is 6.92. The van der Waals surface area contributed by atoms with Crippen LogP contribution in [0, 0.1) is 0 Å². The summed E-state index contributed by atoms with van der Waals surface area (Å²) in [6.45, 7) is 7.02. The van der Waals surface area contributed by atoms with Gasteiger partial charge in [-0.15, -0.1) is 0 Å². The van der Waals surface area contributed by atoms with E-state index in [1.807, 2.05) is 37.9 Å². The Labute approximate surface area is 132 Å². The van der Waals surface area contributed by atoms with E-state index in [1.54, 1.807) is 12.1 Å². The first kappa shape index (κ1) is 16.5. The van der Waals surface area contributed by atoms with Crippen molar-refractivity contribution in [1.29, 1.82) is 0 Å². The fourth-order valence-corrected chi connectivity index (χ4v) is 2.39. The molecule has 0 fully saturated rings. The Balaban J connectivity index is 1.97. The molecule has 0 unspecified atom stereocenters. The minimum absolute atomic E-state index is 0.159. The Hall–Kier alpha value is -1.88. The van der Waals surface area contributed by atoms with Gasteiger partial charge >= 0.3 is 0 Å². The second-order valence-electron chi connectivity index (χ2n) is 5.87. The van der Waals surface area contributed by atoms with Crippen LogP contribution in [-0.4, -0.2) is 35.4 Å². The summed E-state index contributed by atoms with van der Waals surface area (Å²) in [6.07, 6.45) is 2.22. The van der Waals surface area contributed by atoms with Crippen LogP contribution in [0.1, 0.15) is 50.4 Å². The van der Waals surface area contributed by atoms with Gasteiger partial charge in [-0.25, -0.2) is 0 Å². The molecule has 2 N–H and O–H groups in total. The minimum atomic E-state index is -0.822. The number of benzene rings is 1. The van der Waals surface area contributed by atoms with Crippen LogP contribution in [0.4, 0.5) is 5.69 Å². The summed E-state index contributed by atoms with van der Waals surface area (Å²) in [6, 6.07) is 7.40. The molecule has 1 aliphatic heterocycles. The van der Waals surface area contributed by atoms with Crippen molar-refractivity contribution in [2.45, 2.75) is 45.6 Å². The van der Waals surface area contributed by atoms with Crippen molar-refractivity contribution in [1.82, 2.24) is 5.32 Å². The van der Waals surface area contributed by atoms with Crippen molar-refractivity contribution in [2.75, 3.05) is 18.1 Å². The van der Waals surface area contributed by atoms with Crippen molar-refractivity contribution < 1.29 is 9.90 Å². The van der Waals surface area contributed by atoms with Crippen LogP contribution in [0.3, 0.4) is 0 Å². The molecule has 1 aromatic rings. The van der Waals surface area contributed by atoms with Gasteiger partial charge < -0.3 is 10.4 Å². The van der Waals surface area contributed by atoms with Crippen LogP contribution in [0.5, 0.6) is 0 Å². The highest BCUT2D eigenvalue weighted by Crippen LogP contribution is 2.20. The summed E-state index contributed by atoms with van der Waals surface area (Å²) in [5.41, 5.74) is 1.89. The standard InChI is InChI=1S/C17H25N3O2/c1-4-17(22,5-2)12-18-16(21)14-6-8-15(9-7-14)20-11-10-13(3)19-20/h6-9,22H,4-5,10-12H2,1-3H3,(H,18,21). The highest BCUT2D eigenvalue weighted by molar-refractivity contribution is 5.94. The van der Waals surface area contributed by atoms with Gasteiger partial charge in [0.05, 0.1) is 11.3 Å². The molecule has 0 saturated carbocycles. The van der Waals surface area contributed by atoms with Gasteiger partial charge in [0.25, 0.3) is 5.91 Å². The lowest BCUT2D eigenvalue weighted by Gasteiger charge is -2.25. The smallest absolute Gasteiger partial charge is 0.251 e. The molecule has 0 aromatic heterocycles. The first-order chi connectivity index (χ1) is 10.5. The van der Waals surface area contributed by atoms with Crippen LogP contribution in [0.25, 0.3) is 0 Å². The minimum Gasteiger partial charge on any atom is -0.388 e. The van der Waals surface area contributed by atoms with Crippen LogP contribution < -0.4 is 10.3 Å². The van der Waals surface area contributed by atoms with Crippen molar-refractivity contribution in [3.63, 3.8) is 0 Å². The second-order valence-corrected chi connectivity index (χ2v) is 5.87. The highest BCUT2D eigenvalue weighted by Gasteiger charge is 2.23. The molecular weight excluding hydrogens is 278 g/mol. The van der Waals surface area contributed by atoms with Gasteiger partial charge in [-0.05, 0) is 44.0 Å². The Morgan fingerprint density at radius 3 is 2.45 bits per heavy atom. The molecule has 0 saturated heterocycles. The molecule has 22 heavy (non-hydrogen) atoms. The molecule has 5 heteroatoms. The fraction of sp³-hybridized carbons (Fsp3) is 0.529. The molecule has 0 atom stereocenters. The molecule has 1 heterocycles. The maximum atomic E-state index is 12.1. The van der Waals surface area contributed by atoms with E-state index in [4.69, 9.17) is 0 Å². The number of amides is 1. The van der Waals surface area contributed by atoms with E-state index >= 15 is 0 Å². The number of carbonyl (C=O) groups excluding carboxylic acids is 1. The first-order valence-corrected chi connectivity index (χ1v) is 7.89. The summed E-state index contributed by atoms with van der Waals surface area (Å²) in [5.74, 6) is -0.159. The maximum absolute atomic E-state index is 12.1. The molecule has 0 spiro atoms. The molecule has 1 aromatic carbocycles. The molecule has 1 amide bonds. The number of hydrogen-bond acceptors (Lipinski definition) is 4. The van der Waals surface area contributed by atoms with E-state index in [2.05, 4.69) is 10.4 Å². The van der Waals surface area contributed by atoms with Gasteiger partial charge in [0, 0.05) is 30.8 Å². The van der Waals surface area contributed by atoms with Crippen LogP contribution in [-0.2, 0) is 0 Å². The fourth-order valence-electron chi connectivity index (χ4n) is 2.39. The maximum Gasteiger partial charge on any atom is 0.251 e. The first-order valence-electron chi connectivity index (χ1n) is 7.89. The third-order valence-corrected chi connectivity index (χ3v) is 4.30. The SMILES string of the molecule is CCC(O)(CC)CNC(=O)c1ccc(N2CCC(C)=N2)cc1. The predicted molar refractivity (Wildman–Crippen MR) is 89.4 cm³/mol. The van der Waals surface area contributed by atoms with Crippen molar-refractivity contribution in [2.24, 2.45) is 5.10 Å². The largest absolute Gasteiger partial charge is 0.388 e. The number of nitrogens with zero attached hydrogens (tertiary/aromatic N) is 2. The summed E-state index contributed by atoms with van der Waals surface area (Å²) in [4.78, 5) is 12.1. The molecule has 2 rings (SSSR count). The Kier molecular flexibility index (Phi) is 5.19. The topological polar surface area (TPSA) is 64.9 Å². The number of hydrazone groups is 1. The summed E-state index contributed by atoms with van der Waals surface area (Å²) < 4.78 is 0. The predicted octanol–water partition coefficient (Wildman–Crippen LogP) is 2.55. The van der Waals surface area contributed by atoms with Crippen LogP contribution >= 0.6 is 0 Å². The average molecular weight is 303 g/mol.